The summed E-state index contributed by atoms with van der Waals surface area (Å²) in [6, 6.07) is 5.44. The summed E-state index contributed by atoms with van der Waals surface area (Å²) in [6.07, 6.45) is 2.80. The average Bonchev–Trinajstić information content (AvgIpc) is 2.77. The number of aromatic amines is 1. The number of benzene rings is 1. The molecule has 0 spiro atoms. The molecule has 0 aliphatic heterocycles. The van der Waals surface area contributed by atoms with Crippen LogP contribution in [0.4, 0.5) is 5.69 Å². The van der Waals surface area contributed by atoms with Crippen molar-refractivity contribution in [1.82, 2.24) is 10.3 Å². The molecule has 0 saturated carbocycles. The molecule has 0 aliphatic rings. The van der Waals surface area contributed by atoms with Gasteiger partial charge in [0.25, 0.3) is 5.91 Å². The highest BCUT2D eigenvalue weighted by atomic mass is 16.3. The number of amides is 1. The van der Waals surface area contributed by atoms with Crippen LogP contribution in [0.25, 0.3) is 10.9 Å². The Labute approximate surface area is 111 Å². The van der Waals surface area contributed by atoms with Crippen LogP contribution in [0.5, 0.6) is 0 Å². The predicted octanol–water partition coefficient (Wildman–Crippen LogP) is 1.64. The third kappa shape index (κ3) is 3.26. The van der Waals surface area contributed by atoms with E-state index >= 15 is 0 Å². The number of anilines is 1. The smallest absolute Gasteiger partial charge is 0.253 e. The molecule has 0 bridgehead atoms. The lowest BCUT2D eigenvalue weighted by Crippen LogP contribution is -2.24. The molecule has 5 nitrogen and oxygen atoms in total. The van der Waals surface area contributed by atoms with Gasteiger partial charge < -0.3 is 21.1 Å². The first-order chi connectivity index (χ1) is 9.08. The van der Waals surface area contributed by atoms with E-state index in [1.807, 2.05) is 6.07 Å². The fraction of sp³-hybridized carbons (Fsp3) is 0.357. The van der Waals surface area contributed by atoms with E-state index in [0.29, 0.717) is 24.2 Å². The number of aromatic nitrogens is 1. The van der Waals surface area contributed by atoms with Gasteiger partial charge in [0, 0.05) is 29.3 Å². The van der Waals surface area contributed by atoms with Crippen LogP contribution < -0.4 is 11.1 Å². The summed E-state index contributed by atoms with van der Waals surface area (Å²) in [4.78, 5) is 15.1. The molecule has 1 aromatic carbocycles. The predicted molar refractivity (Wildman–Crippen MR) is 76.0 cm³/mol. The molecular weight excluding hydrogens is 242 g/mol. The monoisotopic (exact) mass is 261 g/mol. The van der Waals surface area contributed by atoms with Crippen molar-refractivity contribution >= 4 is 22.5 Å². The van der Waals surface area contributed by atoms with Crippen molar-refractivity contribution in [3.8, 4) is 0 Å². The molecular formula is C14H19N3O2. The minimum Gasteiger partial charge on any atom is -0.399 e. The zero-order valence-electron chi connectivity index (χ0n) is 10.9. The maximum atomic E-state index is 12.0. The Kier molecular flexibility index (Phi) is 4.06. The van der Waals surface area contributed by atoms with Gasteiger partial charge in [0.2, 0.25) is 0 Å². The van der Waals surface area contributed by atoms with Crippen molar-refractivity contribution in [1.29, 1.82) is 0 Å². The van der Waals surface area contributed by atoms with Gasteiger partial charge in [-0.3, -0.25) is 4.79 Å². The fourth-order valence-corrected chi connectivity index (χ4v) is 2.02. The molecule has 102 valence electrons. The number of carbonyl (C=O) groups is 1. The quantitative estimate of drug-likeness (QED) is 0.487. The third-order valence-electron chi connectivity index (χ3n) is 3.03. The summed E-state index contributed by atoms with van der Waals surface area (Å²) < 4.78 is 0. The number of H-pyrrole nitrogens is 1. The van der Waals surface area contributed by atoms with Gasteiger partial charge in [0.1, 0.15) is 0 Å². The Morgan fingerprint density at radius 1 is 1.53 bits per heavy atom. The Bertz CT molecular complexity index is 575. The van der Waals surface area contributed by atoms with Crippen LogP contribution in [-0.4, -0.2) is 28.6 Å². The van der Waals surface area contributed by atoms with Gasteiger partial charge in [-0.2, -0.15) is 0 Å². The number of aliphatic hydroxyl groups excluding tert-OH is 1. The first kappa shape index (κ1) is 13.4. The molecule has 0 aliphatic carbocycles. The normalized spacial score (nSPS) is 12.5. The van der Waals surface area contributed by atoms with E-state index in [0.717, 1.165) is 17.3 Å². The summed E-state index contributed by atoms with van der Waals surface area (Å²) in [6.45, 7) is 2.29. The molecule has 5 heteroatoms. The number of nitrogens with two attached hydrogens (primary N) is 1. The van der Waals surface area contributed by atoms with Crippen molar-refractivity contribution < 1.29 is 9.90 Å². The lowest BCUT2D eigenvalue weighted by molar-refractivity contribution is 0.0951. The van der Waals surface area contributed by atoms with Crippen LogP contribution in [0.3, 0.4) is 0 Å². The van der Waals surface area contributed by atoms with Crippen molar-refractivity contribution in [3.63, 3.8) is 0 Å². The van der Waals surface area contributed by atoms with E-state index in [1.54, 1.807) is 25.3 Å². The van der Waals surface area contributed by atoms with Crippen LogP contribution in [0, 0.1) is 0 Å². The first-order valence-electron chi connectivity index (χ1n) is 6.41. The van der Waals surface area contributed by atoms with Gasteiger partial charge in [-0.25, -0.2) is 0 Å². The van der Waals surface area contributed by atoms with Gasteiger partial charge in [0.05, 0.1) is 11.7 Å². The second-order valence-electron chi connectivity index (χ2n) is 4.75. The fourth-order valence-electron chi connectivity index (χ4n) is 2.02. The highest BCUT2D eigenvalue weighted by molar-refractivity contribution is 6.07. The molecule has 1 atom stereocenters. The lowest BCUT2D eigenvalue weighted by atomic mass is 10.1. The molecule has 1 amide bonds. The Morgan fingerprint density at radius 2 is 2.32 bits per heavy atom. The van der Waals surface area contributed by atoms with Crippen LogP contribution >= 0.6 is 0 Å². The van der Waals surface area contributed by atoms with E-state index < -0.39 is 0 Å². The van der Waals surface area contributed by atoms with Gasteiger partial charge in [-0.05, 0) is 38.0 Å². The summed E-state index contributed by atoms with van der Waals surface area (Å²) in [5.41, 5.74) is 7.86. The van der Waals surface area contributed by atoms with Crippen molar-refractivity contribution in [3.05, 3.63) is 30.0 Å². The van der Waals surface area contributed by atoms with Gasteiger partial charge in [-0.1, -0.05) is 0 Å². The van der Waals surface area contributed by atoms with Gasteiger partial charge in [-0.15, -0.1) is 0 Å². The summed E-state index contributed by atoms with van der Waals surface area (Å²) in [5.74, 6) is -0.123. The van der Waals surface area contributed by atoms with E-state index in [9.17, 15) is 4.79 Å². The second kappa shape index (κ2) is 5.75. The molecule has 2 aromatic rings. The van der Waals surface area contributed by atoms with Crippen LogP contribution in [0.1, 0.15) is 30.1 Å². The average molecular weight is 261 g/mol. The number of fused-ring (bicyclic) bond motifs is 1. The minimum absolute atomic E-state index is 0.123. The van der Waals surface area contributed by atoms with Crippen molar-refractivity contribution in [2.45, 2.75) is 25.9 Å². The first-order valence-corrected chi connectivity index (χ1v) is 6.41. The summed E-state index contributed by atoms with van der Waals surface area (Å²) in [5, 5.41) is 12.8. The van der Waals surface area contributed by atoms with Gasteiger partial charge >= 0.3 is 0 Å². The molecule has 19 heavy (non-hydrogen) atoms. The molecule has 0 saturated heterocycles. The Hall–Kier alpha value is -2.01. The van der Waals surface area contributed by atoms with Gasteiger partial charge in [0.15, 0.2) is 0 Å². The summed E-state index contributed by atoms with van der Waals surface area (Å²) >= 11 is 0. The third-order valence-corrected chi connectivity index (χ3v) is 3.03. The highest BCUT2D eigenvalue weighted by Gasteiger charge is 2.11. The Balaban J connectivity index is 2.03. The number of nitrogens with one attached hydrogen (secondary N) is 2. The van der Waals surface area contributed by atoms with Crippen LogP contribution in [-0.2, 0) is 0 Å². The Morgan fingerprint density at radius 3 is 3.05 bits per heavy atom. The number of aliphatic hydroxyl groups is 1. The van der Waals surface area contributed by atoms with Crippen molar-refractivity contribution in [2.75, 3.05) is 12.3 Å². The molecule has 2 rings (SSSR count). The second-order valence-corrected chi connectivity index (χ2v) is 4.75. The van der Waals surface area contributed by atoms with E-state index in [1.165, 1.54) is 0 Å². The number of hydrogen-bond donors (Lipinski definition) is 4. The zero-order valence-corrected chi connectivity index (χ0v) is 10.9. The highest BCUT2D eigenvalue weighted by Crippen LogP contribution is 2.20. The molecule has 1 heterocycles. The molecule has 0 fully saturated rings. The largest absolute Gasteiger partial charge is 0.399 e. The molecule has 1 unspecified atom stereocenters. The minimum atomic E-state index is -0.329. The molecule has 5 N–H and O–H groups in total. The lowest BCUT2D eigenvalue weighted by Gasteiger charge is -2.06. The van der Waals surface area contributed by atoms with E-state index in [4.69, 9.17) is 10.8 Å². The zero-order chi connectivity index (χ0) is 13.8. The van der Waals surface area contributed by atoms with E-state index in [2.05, 4.69) is 10.3 Å². The maximum absolute atomic E-state index is 12.0. The number of nitrogen functional groups attached to an aromatic ring is 1. The van der Waals surface area contributed by atoms with Crippen LogP contribution in [0.2, 0.25) is 0 Å². The molecule has 0 radical (unpaired) electrons. The van der Waals surface area contributed by atoms with E-state index in [-0.39, 0.29) is 12.0 Å². The molecule has 1 aromatic heterocycles. The standard InChI is InChI=1S/C14H19N3O2/c1-9(18)3-2-6-16-14(19)12-8-17-13-5-4-10(15)7-11(12)13/h4-5,7-9,17-18H,2-3,6,15H2,1H3,(H,16,19). The SMILES string of the molecule is CC(O)CCCNC(=O)c1c[nH]c2ccc(N)cc12. The topological polar surface area (TPSA) is 91.1 Å². The number of hydrogen-bond acceptors (Lipinski definition) is 3. The van der Waals surface area contributed by atoms with Crippen molar-refractivity contribution in [2.24, 2.45) is 0 Å². The summed E-state index contributed by atoms with van der Waals surface area (Å²) in [7, 11) is 0. The maximum Gasteiger partial charge on any atom is 0.253 e. The number of carbonyl (C=O) groups excluding carboxylic acids is 1. The number of rotatable bonds is 5. The van der Waals surface area contributed by atoms with Crippen LogP contribution in [0.15, 0.2) is 24.4 Å².